The van der Waals surface area contributed by atoms with Gasteiger partial charge in [0.2, 0.25) is 8.32 Å². The number of hydrogen-bond donors (Lipinski definition) is 2. The summed E-state index contributed by atoms with van der Waals surface area (Å²) in [5.74, 6) is 0.869. The van der Waals surface area contributed by atoms with E-state index in [1.807, 2.05) is 25.2 Å². The maximum atomic E-state index is 6.18. The number of benzene rings is 1. The summed E-state index contributed by atoms with van der Waals surface area (Å²) >= 11 is 0. The second kappa shape index (κ2) is 4.60. The van der Waals surface area contributed by atoms with E-state index in [1.54, 1.807) is 0 Å². The molecule has 0 unspecified atom stereocenters. The second-order valence-electron chi connectivity index (χ2n) is 5.86. The number of anilines is 2. The molecular weight excluding hydrogens is 228 g/mol. The van der Waals surface area contributed by atoms with Crippen molar-refractivity contribution in [1.82, 2.24) is 0 Å². The molecule has 0 saturated carbocycles. The highest BCUT2D eigenvalue weighted by Gasteiger charge is 2.38. The van der Waals surface area contributed by atoms with Crippen molar-refractivity contribution in [2.75, 3.05) is 18.1 Å². The minimum Gasteiger partial charge on any atom is -0.543 e. The van der Waals surface area contributed by atoms with E-state index in [0.29, 0.717) is 0 Å². The molecule has 1 rings (SSSR count). The van der Waals surface area contributed by atoms with Gasteiger partial charge in [0.25, 0.3) is 0 Å². The molecule has 0 aliphatic heterocycles. The summed E-state index contributed by atoms with van der Waals surface area (Å²) in [6, 6.07) is 5.83. The van der Waals surface area contributed by atoms with Gasteiger partial charge < -0.3 is 15.5 Å². The molecule has 4 heteroatoms. The molecule has 3 nitrogen and oxygen atoms in total. The maximum Gasteiger partial charge on any atom is 0.250 e. The number of nitrogens with two attached hydrogens (primary N) is 1. The zero-order valence-corrected chi connectivity index (χ0v) is 12.7. The molecule has 0 aliphatic rings. The minimum atomic E-state index is -1.77. The van der Waals surface area contributed by atoms with Gasteiger partial charge in [0.1, 0.15) is 5.75 Å². The van der Waals surface area contributed by atoms with E-state index < -0.39 is 8.32 Å². The van der Waals surface area contributed by atoms with E-state index >= 15 is 0 Å². The lowest BCUT2D eigenvalue weighted by molar-refractivity contribution is 0.492. The molecule has 0 fully saturated rings. The summed E-state index contributed by atoms with van der Waals surface area (Å²) < 4.78 is 6.18. The lowest BCUT2D eigenvalue weighted by Crippen LogP contribution is -2.43. The Morgan fingerprint density at radius 1 is 1.24 bits per heavy atom. The Kier molecular flexibility index (Phi) is 3.77. The molecule has 1 aromatic carbocycles. The highest BCUT2D eigenvalue weighted by Crippen LogP contribution is 2.38. The van der Waals surface area contributed by atoms with E-state index in [4.69, 9.17) is 10.2 Å². The zero-order valence-electron chi connectivity index (χ0n) is 11.7. The maximum absolute atomic E-state index is 6.18. The van der Waals surface area contributed by atoms with Crippen LogP contribution >= 0.6 is 0 Å². The predicted octanol–water partition coefficient (Wildman–Crippen LogP) is 3.69. The average Bonchev–Trinajstić information content (AvgIpc) is 2.15. The van der Waals surface area contributed by atoms with Crippen LogP contribution in [0.25, 0.3) is 0 Å². The Morgan fingerprint density at radius 3 is 2.24 bits per heavy atom. The van der Waals surface area contributed by atoms with Gasteiger partial charge in [0.15, 0.2) is 0 Å². The fraction of sp³-hybridized carbons (Fsp3) is 0.538. The fourth-order valence-corrected chi connectivity index (χ4v) is 2.30. The first kappa shape index (κ1) is 13.9. The Morgan fingerprint density at radius 2 is 1.82 bits per heavy atom. The predicted molar refractivity (Wildman–Crippen MR) is 78.2 cm³/mol. The van der Waals surface area contributed by atoms with Crippen LogP contribution < -0.4 is 15.5 Å². The van der Waals surface area contributed by atoms with Gasteiger partial charge in [-0.2, -0.15) is 0 Å². The van der Waals surface area contributed by atoms with Gasteiger partial charge in [-0.3, -0.25) is 0 Å². The molecule has 0 amide bonds. The Hall–Kier alpha value is -1.16. The quantitative estimate of drug-likeness (QED) is 0.637. The first-order chi connectivity index (χ1) is 7.67. The average molecular weight is 252 g/mol. The van der Waals surface area contributed by atoms with Crippen molar-refractivity contribution in [3.63, 3.8) is 0 Å². The number of rotatable bonds is 3. The molecule has 0 aliphatic carbocycles. The fourth-order valence-electron chi connectivity index (χ4n) is 1.28. The van der Waals surface area contributed by atoms with Gasteiger partial charge in [0, 0.05) is 13.1 Å². The van der Waals surface area contributed by atoms with Gasteiger partial charge in [-0.05, 0) is 30.3 Å². The lowest BCUT2D eigenvalue weighted by atomic mass is 10.2. The highest BCUT2D eigenvalue weighted by molar-refractivity contribution is 6.74. The van der Waals surface area contributed by atoms with Crippen LogP contribution in [-0.2, 0) is 0 Å². The third-order valence-corrected chi connectivity index (χ3v) is 7.83. The smallest absolute Gasteiger partial charge is 0.250 e. The molecule has 0 atom stereocenters. The summed E-state index contributed by atoms with van der Waals surface area (Å²) in [6.07, 6.45) is 0. The zero-order chi connectivity index (χ0) is 13.3. The summed E-state index contributed by atoms with van der Waals surface area (Å²) in [4.78, 5) is 0. The van der Waals surface area contributed by atoms with Crippen LogP contribution in [0.1, 0.15) is 20.8 Å². The van der Waals surface area contributed by atoms with Crippen molar-refractivity contribution < 1.29 is 4.43 Å². The molecule has 96 valence electrons. The van der Waals surface area contributed by atoms with E-state index in [0.717, 1.165) is 17.1 Å². The standard InChI is InChI=1S/C13H24N2OSi/c1-13(2,3)17(5,6)16-10-7-8-12(15-4)11(14)9-10/h7-9,15H,14H2,1-6H3. The molecule has 0 heterocycles. The Balaban J connectivity index is 2.93. The van der Waals surface area contributed by atoms with Crippen LogP contribution in [0.2, 0.25) is 18.1 Å². The lowest BCUT2D eigenvalue weighted by Gasteiger charge is -2.36. The SMILES string of the molecule is CNc1ccc(O[Si](C)(C)C(C)(C)C)cc1N. The number of nitrogens with one attached hydrogen (secondary N) is 1. The topological polar surface area (TPSA) is 47.3 Å². The normalized spacial score (nSPS) is 12.4. The first-order valence-corrected chi connectivity index (χ1v) is 8.84. The van der Waals surface area contributed by atoms with Crippen molar-refractivity contribution >= 4 is 19.7 Å². The monoisotopic (exact) mass is 252 g/mol. The van der Waals surface area contributed by atoms with Crippen LogP contribution in [-0.4, -0.2) is 15.4 Å². The van der Waals surface area contributed by atoms with Gasteiger partial charge >= 0.3 is 0 Å². The van der Waals surface area contributed by atoms with Crippen LogP contribution in [0.5, 0.6) is 5.75 Å². The van der Waals surface area contributed by atoms with Gasteiger partial charge in [-0.25, -0.2) is 0 Å². The molecule has 3 N–H and O–H groups in total. The van der Waals surface area contributed by atoms with Crippen molar-refractivity contribution in [1.29, 1.82) is 0 Å². The highest BCUT2D eigenvalue weighted by atomic mass is 28.4. The molecule has 17 heavy (non-hydrogen) atoms. The van der Waals surface area contributed by atoms with E-state index in [-0.39, 0.29) is 5.04 Å². The van der Waals surface area contributed by atoms with Crippen LogP contribution in [0.3, 0.4) is 0 Å². The third kappa shape index (κ3) is 3.16. The van der Waals surface area contributed by atoms with Crippen molar-refractivity contribution in [3.8, 4) is 5.75 Å². The number of hydrogen-bond acceptors (Lipinski definition) is 3. The van der Waals surface area contributed by atoms with E-state index in [1.165, 1.54) is 0 Å². The molecule has 0 bridgehead atoms. The van der Waals surface area contributed by atoms with Gasteiger partial charge in [-0.1, -0.05) is 20.8 Å². The van der Waals surface area contributed by atoms with Crippen molar-refractivity contribution in [2.45, 2.75) is 38.9 Å². The van der Waals surface area contributed by atoms with E-state index in [9.17, 15) is 0 Å². The molecule has 0 spiro atoms. The Labute approximate surface area is 105 Å². The summed E-state index contributed by atoms with van der Waals surface area (Å²) in [5, 5.41) is 3.24. The van der Waals surface area contributed by atoms with E-state index in [2.05, 4.69) is 39.2 Å². The largest absolute Gasteiger partial charge is 0.543 e. The van der Waals surface area contributed by atoms with Crippen LogP contribution in [0.15, 0.2) is 18.2 Å². The second-order valence-corrected chi connectivity index (χ2v) is 10.6. The number of nitrogen functional groups attached to an aromatic ring is 1. The van der Waals surface area contributed by atoms with Crippen LogP contribution in [0.4, 0.5) is 11.4 Å². The third-order valence-electron chi connectivity index (χ3n) is 3.47. The van der Waals surface area contributed by atoms with Crippen LogP contribution in [0, 0.1) is 0 Å². The molecule has 1 aromatic rings. The van der Waals surface area contributed by atoms with Crippen molar-refractivity contribution in [3.05, 3.63) is 18.2 Å². The minimum absolute atomic E-state index is 0.198. The van der Waals surface area contributed by atoms with Gasteiger partial charge in [0.05, 0.1) is 11.4 Å². The molecule has 0 aromatic heterocycles. The molecule has 0 saturated heterocycles. The molecule has 0 radical (unpaired) electrons. The summed E-state index contributed by atoms with van der Waals surface area (Å²) in [7, 11) is 0.0890. The summed E-state index contributed by atoms with van der Waals surface area (Å²) in [5.41, 5.74) is 7.60. The molecular formula is C13H24N2OSi. The summed E-state index contributed by atoms with van der Waals surface area (Å²) in [6.45, 7) is 11.1. The van der Waals surface area contributed by atoms with Crippen molar-refractivity contribution in [2.24, 2.45) is 0 Å². The first-order valence-electron chi connectivity index (χ1n) is 5.93. The Bertz CT molecular complexity index is 397. The van der Waals surface area contributed by atoms with Gasteiger partial charge in [-0.15, -0.1) is 0 Å².